The number of hydrogen-bond donors (Lipinski definition) is 0. The van der Waals surface area contributed by atoms with Gasteiger partial charge in [0.15, 0.2) is 0 Å². The molecule has 0 aliphatic rings. The summed E-state index contributed by atoms with van der Waals surface area (Å²) in [5.41, 5.74) is 1.34. The molecule has 0 N–H and O–H groups in total. The van der Waals surface area contributed by atoms with Crippen molar-refractivity contribution < 1.29 is 0 Å². The van der Waals surface area contributed by atoms with Crippen molar-refractivity contribution in [1.82, 2.24) is 0 Å². The Kier molecular flexibility index (Phi) is 5.07. The van der Waals surface area contributed by atoms with Crippen LogP contribution in [0.5, 0.6) is 0 Å². The molecule has 0 aromatic carbocycles. The third-order valence-corrected chi connectivity index (χ3v) is 3.18. The molecule has 0 rings (SSSR count). The van der Waals surface area contributed by atoms with Gasteiger partial charge in [-0.15, -0.1) is 0 Å². The zero-order chi connectivity index (χ0) is 9.61. The molecule has 68 valence electrons. The van der Waals surface area contributed by atoms with Crippen molar-refractivity contribution in [2.24, 2.45) is 0 Å². The van der Waals surface area contributed by atoms with E-state index in [9.17, 15) is 0 Å². The maximum absolute atomic E-state index is 3.65. The molecule has 0 aliphatic heterocycles. The quantitative estimate of drug-likeness (QED) is 0.596. The molecular formula is C11H18S. The Bertz CT molecular complexity index is 197. The zero-order valence-electron chi connectivity index (χ0n) is 8.42. The minimum atomic E-state index is 0.203. The molecule has 0 radical (unpaired) electrons. The Balaban J connectivity index is 4.57. The first-order chi connectivity index (χ1) is 5.58. The Labute approximate surface area is 80.4 Å². The van der Waals surface area contributed by atoms with Crippen LogP contribution in [0.4, 0.5) is 0 Å². The molecule has 1 heteroatoms. The maximum Gasteiger partial charge on any atom is 0.0346 e. The zero-order valence-corrected chi connectivity index (χ0v) is 9.24. The highest BCUT2D eigenvalue weighted by Gasteiger charge is 2.18. The number of thioether (sulfide) groups is 1. The summed E-state index contributed by atoms with van der Waals surface area (Å²) in [5.74, 6) is 0. The first-order valence-corrected chi connectivity index (χ1v) is 5.32. The van der Waals surface area contributed by atoms with Crippen LogP contribution in [0.15, 0.2) is 36.5 Å². The van der Waals surface area contributed by atoms with Gasteiger partial charge in [-0.25, -0.2) is 0 Å². The van der Waals surface area contributed by atoms with E-state index in [1.807, 2.05) is 17.8 Å². The van der Waals surface area contributed by atoms with Crippen molar-refractivity contribution in [2.45, 2.75) is 25.5 Å². The summed E-state index contributed by atoms with van der Waals surface area (Å²) in [6.45, 7) is 10.2. The molecule has 0 atom stereocenters. The van der Waals surface area contributed by atoms with Gasteiger partial charge >= 0.3 is 0 Å². The largest absolute Gasteiger partial charge is 0.154 e. The lowest BCUT2D eigenvalue weighted by atomic mass is 10.0. The molecule has 0 saturated heterocycles. The van der Waals surface area contributed by atoms with Crippen LogP contribution in [0.25, 0.3) is 0 Å². The summed E-state index contributed by atoms with van der Waals surface area (Å²) < 4.78 is 0.203. The number of rotatable bonds is 4. The Morgan fingerprint density at radius 2 is 2.00 bits per heavy atom. The molecule has 0 saturated carbocycles. The third kappa shape index (κ3) is 3.31. The average Bonchev–Trinajstić information content (AvgIpc) is 2.05. The minimum absolute atomic E-state index is 0.203. The van der Waals surface area contributed by atoms with Crippen LogP contribution in [-0.2, 0) is 0 Å². The average molecular weight is 182 g/mol. The van der Waals surface area contributed by atoms with Gasteiger partial charge in [0.05, 0.1) is 0 Å². The van der Waals surface area contributed by atoms with Crippen molar-refractivity contribution >= 4 is 11.8 Å². The van der Waals surface area contributed by atoms with E-state index in [2.05, 4.69) is 45.8 Å². The molecule has 0 amide bonds. The monoisotopic (exact) mass is 182 g/mol. The van der Waals surface area contributed by atoms with Crippen LogP contribution in [0.2, 0.25) is 0 Å². The lowest BCUT2D eigenvalue weighted by Crippen LogP contribution is -2.15. The van der Waals surface area contributed by atoms with Gasteiger partial charge in [0.25, 0.3) is 0 Å². The van der Waals surface area contributed by atoms with E-state index in [0.717, 1.165) is 0 Å². The van der Waals surface area contributed by atoms with Crippen LogP contribution in [0, 0.1) is 0 Å². The molecule has 0 unspecified atom stereocenters. The lowest BCUT2D eigenvalue weighted by molar-refractivity contribution is 0.857. The second-order valence-corrected chi connectivity index (χ2v) is 4.48. The van der Waals surface area contributed by atoms with Gasteiger partial charge in [0.2, 0.25) is 0 Å². The molecule has 0 aromatic rings. The van der Waals surface area contributed by atoms with Crippen LogP contribution in [0.3, 0.4) is 0 Å². The van der Waals surface area contributed by atoms with Crippen LogP contribution in [-0.4, -0.2) is 11.0 Å². The smallest absolute Gasteiger partial charge is 0.0346 e. The normalized spacial score (nSPS) is 13.8. The van der Waals surface area contributed by atoms with Crippen molar-refractivity contribution in [3.63, 3.8) is 0 Å². The van der Waals surface area contributed by atoms with Gasteiger partial charge in [-0.3, -0.25) is 0 Å². The summed E-state index contributed by atoms with van der Waals surface area (Å²) >= 11 is 1.86. The highest BCUT2D eigenvalue weighted by molar-refractivity contribution is 8.00. The molecule has 0 spiro atoms. The van der Waals surface area contributed by atoms with Gasteiger partial charge in [-0.1, -0.05) is 30.9 Å². The number of allylic oxidation sites excluding steroid dienone is 4. The summed E-state index contributed by atoms with van der Waals surface area (Å²) in [6.07, 6.45) is 10.2. The standard InChI is InChI=1S/C11H18S/c1-6-8-9-10(7-2)11(3,4)12-5/h6-9H,1H2,2-5H3/b9-8-,10-7+. The fourth-order valence-electron chi connectivity index (χ4n) is 0.934. The molecule has 12 heavy (non-hydrogen) atoms. The van der Waals surface area contributed by atoms with Gasteiger partial charge in [0.1, 0.15) is 0 Å². The molecule has 0 nitrogen and oxygen atoms in total. The highest BCUT2D eigenvalue weighted by Crippen LogP contribution is 2.30. The molecule has 0 aromatic heterocycles. The molecule has 0 fully saturated rings. The summed E-state index contributed by atoms with van der Waals surface area (Å²) in [4.78, 5) is 0. The third-order valence-electron chi connectivity index (χ3n) is 1.93. The van der Waals surface area contributed by atoms with E-state index < -0.39 is 0 Å². The van der Waals surface area contributed by atoms with Gasteiger partial charge in [-0.05, 0) is 32.6 Å². The van der Waals surface area contributed by atoms with E-state index in [1.165, 1.54) is 5.57 Å². The fraction of sp³-hybridized carbons (Fsp3) is 0.455. The Hall–Kier alpha value is -0.430. The van der Waals surface area contributed by atoms with Crippen molar-refractivity contribution in [2.75, 3.05) is 6.26 Å². The van der Waals surface area contributed by atoms with E-state index in [-0.39, 0.29) is 4.75 Å². The second kappa shape index (κ2) is 5.26. The number of hydrogen-bond acceptors (Lipinski definition) is 1. The summed E-state index contributed by atoms with van der Waals surface area (Å²) in [7, 11) is 0. The van der Waals surface area contributed by atoms with Crippen LogP contribution < -0.4 is 0 Å². The SMILES string of the molecule is C=C/C=C\C(=C/C)C(C)(C)SC. The molecule has 0 heterocycles. The van der Waals surface area contributed by atoms with Crippen LogP contribution >= 0.6 is 11.8 Å². The molecular weight excluding hydrogens is 164 g/mol. The van der Waals surface area contributed by atoms with Crippen molar-refractivity contribution in [1.29, 1.82) is 0 Å². The second-order valence-electron chi connectivity index (χ2n) is 3.05. The van der Waals surface area contributed by atoms with E-state index in [1.54, 1.807) is 6.08 Å². The fourth-order valence-corrected chi connectivity index (χ4v) is 1.36. The highest BCUT2D eigenvalue weighted by atomic mass is 32.2. The first-order valence-electron chi connectivity index (χ1n) is 4.09. The predicted molar refractivity (Wildman–Crippen MR) is 60.7 cm³/mol. The first kappa shape index (κ1) is 11.6. The van der Waals surface area contributed by atoms with Gasteiger partial charge in [-0.2, -0.15) is 11.8 Å². The lowest BCUT2D eigenvalue weighted by Gasteiger charge is -2.23. The van der Waals surface area contributed by atoms with E-state index in [0.29, 0.717) is 0 Å². The van der Waals surface area contributed by atoms with Crippen LogP contribution in [0.1, 0.15) is 20.8 Å². The topological polar surface area (TPSA) is 0 Å². The maximum atomic E-state index is 3.65. The van der Waals surface area contributed by atoms with E-state index >= 15 is 0 Å². The molecule has 0 aliphatic carbocycles. The van der Waals surface area contributed by atoms with Crippen molar-refractivity contribution in [3.8, 4) is 0 Å². The Morgan fingerprint density at radius 1 is 1.42 bits per heavy atom. The summed E-state index contributed by atoms with van der Waals surface area (Å²) in [6, 6.07) is 0. The van der Waals surface area contributed by atoms with Gasteiger partial charge in [0, 0.05) is 4.75 Å². The summed E-state index contributed by atoms with van der Waals surface area (Å²) in [5, 5.41) is 0. The minimum Gasteiger partial charge on any atom is -0.154 e. The predicted octanol–water partition coefficient (Wildman–Crippen LogP) is 3.82. The Morgan fingerprint density at radius 3 is 2.33 bits per heavy atom. The van der Waals surface area contributed by atoms with E-state index in [4.69, 9.17) is 0 Å². The van der Waals surface area contributed by atoms with Gasteiger partial charge < -0.3 is 0 Å². The molecule has 0 bridgehead atoms. The van der Waals surface area contributed by atoms with Crippen molar-refractivity contribution in [3.05, 3.63) is 36.5 Å².